The fourth-order valence-corrected chi connectivity index (χ4v) is 2.49. The van der Waals surface area contributed by atoms with Gasteiger partial charge in [0.05, 0.1) is 24.4 Å². The van der Waals surface area contributed by atoms with Crippen LogP contribution in [-0.4, -0.2) is 43.0 Å². The van der Waals surface area contributed by atoms with Crippen molar-refractivity contribution in [1.82, 2.24) is 4.90 Å². The lowest BCUT2D eigenvalue weighted by atomic mass is 10.1. The molecule has 0 spiro atoms. The van der Waals surface area contributed by atoms with Crippen molar-refractivity contribution in [3.63, 3.8) is 0 Å². The maximum Gasteiger partial charge on any atom is 0.340 e. The van der Waals surface area contributed by atoms with E-state index >= 15 is 0 Å². The molecule has 1 aliphatic heterocycles. The third-order valence-corrected chi connectivity index (χ3v) is 3.51. The second kappa shape index (κ2) is 7.78. The summed E-state index contributed by atoms with van der Waals surface area (Å²) in [6.07, 6.45) is 3.53. The van der Waals surface area contributed by atoms with E-state index in [1.807, 2.05) is 0 Å². The number of rotatable bonds is 5. The summed E-state index contributed by atoms with van der Waals surface area (Å²) in [6, 6.07) is 6.93. The van der Waals surface area contributed by atoms with Gasteiger partial charge in [0.15, 0.2) is 0 Å². The molecule has 1 aromatic carbocycles. The Morgan fingerprint density at radius 2 is 1.90 bits per heavy atom. The molecule has 5 nitrogen and oxygen atoms in total. The van der Waals surface area contributed by atoms with E-state index in [0.29, 0.717) is 24.4 Å². The number of carbonyl (C=O) groups is 2. The Hall–Kier alpha value is -1.88. The highest BCUT2D eigenvalue weighted by Gasteiger charge is 2.17. The van der Waals surface area contributed by atoms with E-state index in [1.165, 1.54) is 6.42 Å². The third kappa shape index (κ3) is 4.56. The summed E-state index contributed by atoms with van der Waals surface area (Å²) in [5, 5.41) is 2.82. The van der Waals surface area contributed by atoms with Gasteiger partial charge in [-0.2, -0.15) is 0 Å². The summed E-state index contributed by atoms with van der Waals surface area (Å²) in [5.41, 5.74) is 0.907. The fourth-order valence-electron chi connectivity index (χ4n) is 2.49. The van der Waals surface area contributed by atoms with Crippen LogP contribution in [0.3, 0.4) is 0 Å². The molecule has 5 heteroatoms. The SMILES string of the molecule is CCOC(=O)c1ccccc1NC(=O)CN1CCCCC1. The largest absolute Gasteiger partial charge is 0.462 e. The van der Waals surface area contributed by atoms with Crippen LogP contribution in [0.25, 0.3) is 0 Å². The molecular formula is C16H22N2O3. The molecule has 1 aromatic rings. The van der Waals surface area contributed by atoms with Gasteiger partial charge in [0, 0.05) is 0 Å². The first-order chi connectivity index (χ1) is 10.2. The van der Waals surface area contributed by atoms with Crippen molar-refractivity contribution in [2.75, 3.05) is 31.6 Å². The van der Waals surface area contributed by atoms with Gasteiger partial charge in [0.1, 0.15) is 0 Å². The molecule has 0 bridgehead atoms. The van der Waals surface area contributed by atoms with Gasteiger partial charge < -0.3 is 10.1 Å². The molecule has 1 heterocycles. The van der Waals surface area contributed by atoms with Crippen LogP contribution in [0.4, 0.5) is 5.69 Å². The molecular weight excluding hydrogens is 268 g/mol. The molecule has 0 radical (unpaired) electrons. The monoisotopic (exact) mass is 290 g/mol. The smallest absolute Gasteiger partial charge is 0.340 e. The van der Waals surface area contributed by atoms with Gasteiger partial charge in [0.25, 0.3) is 0 Å². The lowest BCUT2D eigenvalue weighted by Gasteiger charge is -2.25. The van der Waals surface area contributed by atoms with Crippen LogP contribution in [-0.2, 0) is 9.53 Å². The molecule has 2 rings (SSSR count). The Morgan fingerprint density at radius 3 is 2.62 bits per heavy atom. The number of likely N-dealkylation sites (tertiary alicyclic amines) is 1. The molecule has 1 amide bonds. The van der Waals surface area contributed by atoms with Gasteiger partial charge >= 0.3 is 5.97 Å². The van der Waals surface area contributed by atoms with Crippen molar-refractivity contribution < 1.29 is 14.3 Å². The van der Waals surface area contributed by atoms with Crippen molar-refractivity contribution in [1.29, 1.82) is 0 Å². The minimum atomic E-state index is -0.411. The number of esters is 1. The number of nitrogens with one attached hydrogen (secondary N) is 1. The van der Waals surface area contributed by atoms with E-state index in [0.717, 1.165) is 25.9 Å². The highest BCUT2D eigenvalue weighted by atomic mass is 16.5. The summed E-state index contributed by atoms with van der Waals surface area (Å²) in [4.78, 5) is 26.1. The molecule has 0 aliphatic carbocycles. The van der Waals surface area contributed by atoms with E-state index < -0.39 is 5.97 Å². The molecule has 0 aromatic heterocycles. The van der Waals surface area contributed by atoms with E-state index in [1.54, 1.807) is 31.2 Å². The lowest BCUT2D eigenvalue weighted by molar-refractivity contribution is -0.117. The minimum Gasteiger partial charge on any atom is -0.462 e. The highest BCUT2D eigenvalue weighted by molar-refractivity contribution is 6.01. The average molecular weight is 290 g/mol. The molecule has 0 unspecified atom stereocenters. The molecule has 1 saturated heterocycles. The van der Waals surface area contributed by atoms with Gasteiger partial charge in [-0.3, -0.25) is 9.69 Å². The van der Waals surface area contributed by atoms with Gasteiger partial charge in [-0.1, -0.05) is 18.6 Å². The molecule has 21 heavy (non-hydrogen) atoms. The number of para-hydroxylation sites is 1. The fraction of sp³-hybridized carbons (Fsp3) is 0.500. The predicted octanol–water partition coefficient (Wildman–Crippen LogP) is 2.29. The number of ether oxygens (including phenoxy) is 1. The second-order valence-corrected chi connectivity index (χ2v) is 5.15. The van der Waals surface area contributed by atoms with E-state index in [4.69, 9.17) is 4.74 Å². The second-order valence-electron chi connectivity index (χ2n) is 5.15. The van der Waals surface area contributed by atoms with Crippen LogP contribution in [0, 0.1) is 0 Å². The number of carbonyl (C=O) groups excluding carboxylic acids is 2. The van der Waals surface area contributed by atoms with Crippen molar-refractivity contribution in [2.45, 2.75) is 26.2 Å². The van der Waals surface area contributed by atoms with Gasteiger partial charge in [-0.25, -0.2) is 4.79 Å². The zero-order valence-electron chi connectivity index (χ0n) is 12.4. The first-order valence-electron chi connectivity index (χ1n) is 7.49. The minimum absolute atomic E-state index is 0.0892. The molecule has 1 fully saturated rings. The standard InChI is InChI=1S/C16H22N2O3/c1-2-21-16(20)13-8-4-5-9-14(13)17-15(19)12-18-10-6-3-7-11-18/h4-5,8-9H,2-3,6-7,10-12H2,1H3,(H,17,19). The molecule has 1 aliphatic rings. The van der Waals surface area contributed by atoms with Crippen molar-refractivity contribution in [2.24, 2.45) is 0 Å². The molecule has 1 N–H and O–H groups in total. The zero-order chi connectivity index (χ0) is 15.1. The first-order valence-corrected chi connectivity index (χ1v) is 7.49. The van der Waals surface area contributed by atoms with Crippen molar-refractivity contribution in [3.05, 3.63) is 29.8 Å². The molecule has 0 saturated carbocycles. The number of hydrogen-bond donors (Lipinski definition) is 1. The molecule has 0 atom stereocenters. The predicted molar refractivity (Wildman–Crippen MR) is 81.3 cm³/mol. The van der Waals surface area contributed by atoms with E-state index in [2.05, 4.69) is 10.2 Å². The van der Waals surface area contributed by atoms with Gasteiger partial charge in [-0.15, -0.1) is 0 Å². The van der Waals surface area contributed by atoms with Crippen molar-refractivity contribution in [3.8, 4) is 0 Å². The van der Waals surface area contributed by atoms with Crippen LogP contribution < -0.4 is 5.32 Å². The summed E-state index contributed by atoms with van der Waals surface area (Å²) in [7, 11) is 0. The maximum atomic E-state index is 12.1. The Bertz CT molecular complexity index is 496. The van der Waals surface area contributed by atoms with E-state index in [-0.39, 0.29) is 5.91 Å². The van der Waals surface area contributed by atoms with Crippen LogP contribution in [0.1, 0.15) is 36.5 Å². The van der Waals surface area contributed by atoms with E-state index in [9.17, 15) is 9.59 Å². The number of piperidine rings is 1. The third-order valence-electron chi connectivity index (χ3n) is 3.51. The summed E-state index contributed by atoms with van der Waals surface area (Å²) in [5.74, 6) is -0.500. The average Bonchev–Trinajstić information content (AvgIpc) is 2.49. The summed E-state index contributed by atoms with van der Waals surface area (Å²) in [6.45, 7) is 4.38. The van der Waals surface area contributed by atoms with Crippen LogP contribution in [0.15, 0.2) is 24.3 Å². The Morgan fingerprint density at radius 1 is 1.19 bits per heavy atom. The summed E-state index contributed by atoms with van der Waals surface area (Å²) >= 11 is 0. The normalized spacial score (nSPS) is 15.5. The van der Waals surface area contributed by atoms with Gasteiger partial charge in [0.2, 0.25) is 5.91 Å². The Balaban J connectivity index is 1.98. The zero-order valence-corrected chi connectivity index (χ0v) is 12.4. The number of hydrogen-bond acceptors (Lipinski definition) is 4. The van der Waals surface area contributed by atoms with Gasteiger partial charge in [-0.05, 0) is 45.0 Å². The quantitative estimate of drug-likeness (QED) is 0.845. The number of anilines is 1. The maximum absolute atomic E-state index is 12.1. The van der Waals surface area contributed by atoms with Crippen LogP contribution in [0.2, 0.25) is 0 Å². The topological polar surface area (TPSA) is 58.6 Å². The number of amides is 1. The Kier molecular flexibility index (Phi) is 5.75. The summed E-state index contributed by atoms with van der Waals surface area (Å²) < 4.78 is 5.00. The molecule has 114 valence electrons. The lowest BCUT2D eigenvalue weighted by Crippen LogP contribution is -2.37. The van der Waals surface area contributed by atoms with Crippen molar-refractivity contribution >= 4 is 17.6 Å². The van der Waals surface area contributed by atoms with Crippen LogP contribution >= 0.6 is 0 Å². The van der Waals surface area contributed by atoms with Crippen LogP contribution in [0.5, 0.6) is 0 Å². The highest BCUT2D eigenvalue weighted by Crippen LogP contribution is 2.16. The first kappa shape index (κ1) is 15.5. The number of nitrogens with zero attached hydrogens (tertiary/aromatic N) is 1. The Labute approximate surface area is 125 Å². The number of benzene rings is 1.